The zero-order valence-corrected chi connectivity index (χ0v) is 12.8. The summed E-state index contributed by atoms with van der Waals surface area (Å²) in [5, 5.41) is 3.67. The predicted molar refractivity (Wildman–Crippen MR) is 83.4 cm³/mol. The maximum Gasteiger partial charge on any atom is -0.00146 e. The van der Waals surface area contributed by atoms with Crippen molar-refractivity contribution in [2.45, 2.75) is 46.5 Å². The third kappa shape index (κ3) is 4.35. The molecule has 1 fully saturated rings. The minimum atomic E-state index is 0.750. The molecule has 19 heavy (non-hydrogen) atoms. The molecule has 1 aromatic carbocycles. The first kappa shape index (κ1) is 14.6. The van der Waals surface area contributed by atoms with Gasteiger partial charge in [0.05, 0.1) is 0 Å². The average molecular weight is 259 g/mol. The number of rotatable bonds is 7. The van der Waals surface area contributed by atoms with Gasteiger partial charge in [0.25, 0.3) is 0 Å². The summed E-state index contributed by atoms with van der Waals surface area (Å²) in [5.41, 5.74) is 3.00. The first-order valence-corrected chi connectivity index (χ1v) is 7.92. The first-order chi connectivity index (χ1) is 9.16. The van der Waals surface area contributed by atoms with E-state index in [0.29, 0.717) is 0 Å². The van der Waals surface area contributed by atoms with E-state index in [9.17, 15) is 0 Å². The molecule has 1 heteroatoms. The van der Waals surface area contributed by atoms with Crippen LogP contribution in [0.1, 0.15) is 44.2 Å². The second kappa shape index (κ2) is 7.09. The number of hydrogen-bond acceptors (Lipinski definition) is 1. The Balaban J connectivity index is 1.92. The van der Waals surface area contributed by atoms with Gasteiger partial charge < -0.3 is 5.32 Å². The molecule has 1 aliphatic rings. The molecule has 106 valence electrons. The fourth-order valence-electron chi connectivity index (χ4n) is 3.00. The van der Waals surface area contributed by atoms with Crippen LogP contribution in [0.4, 0.5) is 0 Å². The average Bonchev–Trinajstić information content (AvgIpc) is 2.29. The summed E-state index contributed by atoms with van der Waals surface area (Å²) in [4.78, 5) is 0. The van der Waals surface area contributed by atoms with Crippen molar-refractivity contribution in [2.75, 3.05) is 13.1 Å². The zero-order chi connectivity index (χ0) is 13.7. The summed E-state index contributed by atoms with van der Waals surface area (Å²) in [6.07, 6.45) is 5.58. The molecule has 1 atom stereocenters. The van der Waals surface area contributed by atoms with Gasteiger partial charge in [-0.1, -0.05) is 57.4 Å². The van der Waals surface area contributed by atoms with Gasteiger partial charge in [-0.15, -0.1) is 0 Å². The third-order valence-corrected chi connectivity index (χ3v) is 4.52. The lowest BCUT2D eigenvalue weighted by atomic mass is 9.73. The Morgan fingerprint density at radius 1 is 1.16 bits per heavy atom. The lowest BCUT2D eigenvalue weighted by molar-refractivity contribution is 0.198. The molecule has 1 unspecified atom stereocenters. The molecule has 2 rings (SSSR count). The normalized spacial score (nSPS) is 17.5. The molecule has 0 bridgehead atoms. The summed E-state index contributed by atoms with van der Waals surface area (Å²) < 4.78 is 0. The molecule has 1 aliphatic carbocycles. The van der Waals surface area contributed by atoms with Crippen molar-refractivity contribution < 1.29 is 0 Å². The zero-order valence-electron chi connectivity index (χ0n) is 12.8. The van der Waals surface area contributed by atoms with E-state index in [1.54, 1.807) is 5.56 Å². The molecular formula is C18H29N. The molecule has 0 radical (unpaired) electrons. The molecule has 0 amide bonds. The Labute approximate surface area is 118 Å². The number of aryl methyl sites for hydroxylation is 1. The van der Waals surface area contributed by atoms with Gasteiger partial charge in [-0.2, -0.15) is 0 Å². The van der Waals surface area contributed by atoms with Crippen LogP contribution in [0.2, 0.25) is 0 Å². The van der Waals surface area contributed by atoms with Gasteiger partial charge in [0, 0.05) is 0 Å². The fraction of sp³-hybridized carbons (Fsp3) is 0.667. The van der Waals surface area contributed by atoms with E-state index >= 15 is 0 Å². The second-order valence-electron chi connectivity index (χ2n) is 6.63. The highest BCUT2D eigenvalue weighted by atomic mass is 14.9. The van der Waals surface area contributed by atoms with E-state index in [1.165, 1.54) is 37.8 Å². The van der Waals surface area contributed by atoms with Crippen molar-refractivity contribution in [2.24, 2.45) is 17.8 Å². The summed E-state index contributed by atoms with van der Waals surface area (Å²) in [6, 6.07) is 8.88. The van der Waals surface area contributed by atoms with Crippen LogP contribution in [0.25, 0.3) is 0 Å². The summed E-state index contributed by atoms with van der Waals surface area (Å²) in [5.74, 6) is 2.54. The Morgan fingerprint density at radius 2 is 1.89 bits per heavy atom. The SMILES string of the molecule is Cc1ccccc1CC(CNCC(C)C)C1CCC1. The Kier molecular flexibility index (Phi) is 5.45. The van der Waals surface area contributed by atoms with E-state index in [-0.39, 0.29) is 0 Å². The molecule has 0 spiro atoms. The monoisotopic (exact) mass is 259 g/mol. The van der Waals surface area contributed by atoms with Crippen molar-refractivity contribution in [1.29, 1.82) is 0 Å². The van der Waals surface area contributed by atoms with Gasteiger partial charge in [0.2, 0.25) is 0 Å². The topological polar surface area (TPSA) is 12.0 Å². The van der Waals surface area contributed by atoms with Crippen LogP contribution in [0.3, 0.4) is 0 Å². The van der Waals surface area contributed by atoms with Crippen LogP contribution in [0.15, 0.2) is 24.3 Å². The van der Waals surface area contributed by atoms with Crippen molar-refractivity contribution in [3.8, 4) is 0 Å². The van der Waals surface area contributed by atoms with Crippen molar-refractivity contribution in [1.82, 2.24) is 5.32 Å². The minimum absolute atomic E-state index is 0.750. The van der Waals surface area contributed by atoms with Gasteiger partial charge in [-0.05, 0) is 55.3 Å². The van der Waals surface area contributed by atoms with Crippen molar-refractivity contribution >= 4 is 0 Å². The second-order valence-corrected chi connectivity index (χ2v) is 6.63. The van der Waals surface area contributed by atoms with Crippen LogP contribution >= 0.6 is 0 Å². The first-order valence-electron chi connectivity index (χ1n) is 7.92. The largest absolute Gasteiger partial charge is 0.316 e. The van der Waals surface area contributed by atoms with E-state index in [4.69, 9.17) is 0 Å². The van der Waals surface area contributed by atoms with E-state index < -0.39 is 0 Å². The van der Waals surface area contributed by atoms with Gasteiger partial charge in [0.1, 0.15) is 0 Å². The molecule has 0 aromatic heterocycles. The highest BCUT2D eigenvalue weighted by Gasteiger charge is 2.27. The highest BCUT2D eigenvalue weighted by Crippen LogP contribution is 2.35. The maximum absolute atomic E-state index is 3.67. The predicted octanol–water partition coefficient (Wildman–Crippen LogP) is 4.20. The van der Waals surface area contributed by atoms with E-state index in [1.807, 2.05) is 0 Å². The van der Waals surface area contributed by atoms with Crippen LogP contribution in [0, 0.1) is 24.7 Å². The van der Waals surface area contributed by atoms with Crippen LogP contribution < -0.4 is 5.32 Å². The molecule has 1 N–H and O–H groups in total. The van der Waals surface area contributed by atoms with Gasteiger partial charge in [-0.25, -0.2) is 0 Å². The van der Waals surface area contributed by atoms with E-state index in [2.05, 4.69) is 50.4 Å². The highest BCUT2D eigenvalue weighted by molar-refractivity contribution is 5.26. The number of benzene rings is 1. The molecular weight excluding hydrogens is 230 g/mol. The molecule has 1 aromatic rings. The van der Waals surface area contributed by atoms with Crippen LogP contribution in [0.5, 0.6) is 0 Å². The van der Waals surface area contributed by atoms with E-state index in [0.717, 1.165) is 24.3 Å². The summed E-state index contributed by atoms with van der Waals surface area (Å²) in [7, 11) is 0. The van der Waals surface area contributed by atoms with Crippen molar-refractivity contribution in [3.63, 3.8) is 0 Å². The molecule has 1 saturated carbocycles. The van der Waals surface area contributed by atoms with Gasteiger partial charge in [-0.3, -0.25) is 0 Å². The standard InChI is InChI=1S/C18H29N/c1-14(2)12-19-13-18(16-9-6-10-16)11-17-8-5-4-7-15(17)3/h4-5,7-8,14,16,18-19H,6,9-13H2,1-3H3. The molecule has 0 heterocycles. The lowest BCUT2D eigenvalue weighted by Gasteiger charge is -2.34. The molecule has 0 saturated heterocycles. The Bertz CT molecular complexity index is 379. The minimum Gasteiger partial charge on any atom is -0.316 e. The Hall–Kier alpha value is -0.820. The lowest BCUT2D eigenvalue weighted by Crippen LogP contribution is -2.34. The smallest absolute Gasteiger partial charge is 0.00146 e. The quantitative estimate of drug-likeness (QED) is 0.774. The Morgan fingerprint density at radius 3 is 2.47 bits per heavy atom. The summed E-state index contributed by atoms with van der Waals surface area (Å²) >= 11 is 0. The van der Waals surface area contributed by atoms with Gasteiger partial charge >= 0.3 is 0 Å². The molecule has 1 nitrogen and oxygen atoms in total. The van der Waals surface area contributed by atoms with Crippen LogP contribution in [-0.2, 0) is 6.42 Å². The number of nitrogens with one attached hydrogen (secondary N) is 1. The maximum atomic E-state index is 3.67. The molecule has 0 aliphatic heterocycles. The third-order valence-electron chi connectivity index (χ3n) is 4.52. The fourth-order valence-corrected chi connectivity index (χ4v) is 3.00. The van der Waals surface area contributed by atoms with Gasteiger partial charge in [0.15, 0.2) is 0 Å². The van der Waals surface area contributed by atoms with Crippen LogP contribution in [-0.4, -0.2) is 13.1 Å². The number of hydrogen-bond donors (Lipinski definition) is 1. The summed E-state index contributed by atoms with van der Waals surface area (Å²) in [6.45, 7) is 9.16. The van der Waals surface area contributed by atoms with Crippen molar-refractivity contribution in [3.05, 3.63) is 35.4 Å².